The normalized spacial score (nSPS) is 10.9. The molecule has 24 heavy (non-hydrogen) atoms. The summed E-state index contributed by atoms with van der Waals surface area (Å²) in [4.78, 5) is 18.2. The van der Waals surface area contributed by atoms with E-state index in [4.69, 9.17) is 4.74 Å². The number of carbonyl (C=O) groups is 1. The number of nitrogens with zero attached hydrogens (tertiary/aromatic N) is 2. The van der Waals surface area contributed by atoms with Gasteiger partial charge in [0.2, 0.25) is 0 Å². The molecule has 0 saturated heterocycles. The Bertz CT molecular complexity index is 688. The Kier molecular flexibility index (Phi) is 6.69. The first-order valence-electron chi connectivity index (χ1n) is 7.82. The molecule has 0 bridgehead atoms. The summed E-state index contributed by atoms with van der Waals surface area (Å²) in [7, 11) is 3.87. The molecule has 1 aromatic heterocycles. The Morgan fingerprint density at radius 1 is 1.42 bits per heavy atom. The van der Waals surface area contributed by atoms with Crippen molar-refractivity contribution < 1.29 is 13.9 Å². The molecule has 1 amide bonds. The summed E-state index contributed by atoms with van der Waals surface area (Å²) in [6.07, 6.45) is 0.863. The lowest BCUT2D eigenvalue weighted by molar-refractivity contribution is 0.0947. The molecule has 0 saturated carbocycles. The summed E-state index contributed by atoms with van der Waals surface area (Å²) >= 11 is 1.25. The molecule has 5 nitrogen and oxygen atoms in total. The SMILES string of the molecule is CCCOc1ccc(-c2nc(C(=O)NCCN(C)C)cs2)c(F)c1. The van der Waals surface area contributed by atoms with Crippen molar-refractivity contribution in [3.05, 3.63) is 35.1 Å². The molecule has 2 aromatic rings. The van der Waals surface area contributed by atoms with Crippen LogP contribution in [0.5, 0.6) is 5.75 Å². The van der Waals surface area contributed by atoms with Gasteiger partial charge in [0.05, 0.1) is 6.61 Å². The quantitative estimate of drug-likeness (QED) is 0.794. The number of likely N-dealkylation sites (N-methyl/N-ethyl adjacent to an activating group) is 1. The minimum absolute atomic E-state index is 0.248. The summed E-state index contributed by atoms with van der Waals surface area (Å²) in [6, 6.07) is 4.70. The highest BCUT2D eigenvalue weighted by Crippen LogP contribution is 2.29. The van der Waals surface area contributed by atoms with Gasteiger partial charge in [0, 0.05) is 30.1 Å². The minimum Gasteiger partial charge on any atom is -0.494 e. The number of amides is 1. The Morgan fingerprint density at radius 3 is 2.88 bits per heavy atom. The second-order valence-corrected chi connectivity index (χ2v) is 6.45. The van der Waals surface area contributed by atoms with Gasteiger partial charge in [-0.15, -0.1) is 11.3 Å². The van der Waals surface area contributed by atoms with Crippen LogP contribution in [-0.4, -0.2) is 49.6 Å². The van der Waals surface area contributed by atoms with Gasteiger partial charge in [-0.25, -0.2) is 9.37 Å². The van der Waals surface area contributed by atoms with Gasteiger partial charge in [0.25, 0.3) is 5.91 Å². The van der Waals surface area contributed by atoms with E-state index in [0.29, 0.717) is 35.2 Å². The van der Waals surface area contributed by atoms with Crippen molar-refractivity contribution in [2.24, 2.45) is 0 Å². The number of benzene rings is 1. The molecule has 0 aliphatic carbocycles. The Balaban J connectivity index is 2.05. The van der Waals surface area contributed by atoms with Crippen LogP contribution >= 0.6 is 11.3 Å². The number of aromatic nitrogens is 1. The van der Waals surface area contributed by atoms with Gasteiger partial charge in [0.1, 0.15) is 22.3 Å². The van der Waals surface area contributed by atoms with Gasteiger partial charge in [0.15, 0.2) is 0 Å². The fourth-order valence-electron chi connectivity index (χ4n) is 1.96. The molecule has 2 rings (SSSR count). The van der Waals surface area contributed by atoms with Crippen LogP contribution in [0.15, 0.2) is 23.6 Å². The van der Waals surface area contributed by atoms with E-state index >= 15 is 0 Å². The lowest BCUT2D eigenvalue weighted by atomic mass is 10.2. The number of rotatable bonds is 8. The first-order chi connectivity index (χ1) is 11.5. The topological polar surface area (TPSA) is 54.5 Å². The fraction of sp³-hybridized carbons (Fsp3) is 0.412. The Morgan fingerprint density at radius 2 is 2.21 bits per heavy atom. The standard InChI is InChI=1S/C17H22FN3O2S/c1-4-9-23-12-5-6-13(14(18)10-12)17-20-15(11-24-17)16(22)19-7-8-21(2)3/h5-6,10-11H,4,7-9H2,1-3H3,(H,19,22). The summed E-state index contributed by atoms with van der Waals surface area (Å²) in [5.41, 5.74) is 0.677. The molecule has 130 valence electrons. The predicted molar refractivity (Wildman–Crippen MR) is 94.2 cm³/mol. The number of halogens is 1. The van der Waals surface area contributed by atoms with Crippen LogP contribution in [0.1, 0.15) is 23.8 Å². The van der Waals surface area contributed by atoms with Gasteiger partial charge < -0.3 is 15.0 Å². The number of ether oxygens (including phenoxy) is 1. The molecule has 0 radical (unpaired) electrons. The fourth-order valence-corrected chi connectivity index (χ4v) is 2.79. The Hall–Kier alpha value is -1.99. The highest BCUT2D eigenvalue weighted by molar-refractivity contribution is 7.13. The van der Waals surface area contributed by atoms with Gasteiger partial charge >= 0.3 is 0 Å². The molecule has 1 N–H and O–H groups in total. The van der Waals surface area contributed by atoms with E-state index in [1.54, 1.807) is 17.5 Å². The smallest absolute Gasteiger partial charge is 0.270 e. The summed E-state index contributed by atoms with van der Waals surface area (Å²) in [5, 5.41) is 4.91. The highest BCUT2D eigenvalue weighted by atomic mass is 32.1. The summed E-state index contributed by atoms with van der Waals surface area (Å²) in [6.45, 7) is 3.83. The lowest BCUT2D eigenvalue weighted by Crippen LogP contribution is -2.31. The van der Waals surface area contributed by atoms with Crippen LogP contribution in [0.2, 0.25) is 0 Å². The molecule has 0 spiro atoms. The zero-order valence-electron chi connectivity index (χ0n) is 14.1. The number of thiazole rings is 1. The summed E-state index contributed by atoms with van der Waals surface area (Å²) in [5.74, 6) is -0.156. The van der Waals surface area contributed by atoms with Crippen LogP contribution < -0.4 is 10.1 Å². The van der Waals surface area contributed by atoms with Gasteiger partial charge in [-0.1, -0.05) is 6.92 Å². The van der Waals surface area contributed by atoms with E-state index in [2.05, 4.69) is 10.3 Å². The average molecular weight is 351 g/mol. The van der Waals surface area contributed by atoms with E-state index in [0.717, 1.165) is 13.0 Å². The second kappa shape index (κ2) is 8.75. The molecular weight excluding hydrogens is 329 g/mol. The van der Waals surface area contributed by atoms with E-state index in [1.807, 2.05) is 25.9 Å². The number of carbonyl (C=O) groups excluding carboxylic acids is 1. The third-order valence-corrected chi connectivity index (χ3v) is 4.10. The molecule has 0 aliphatic heterocycles. The maximum Gasteiger partial charge on any atom is 0.270 e. The molecule has 1 heterocycles. The second-order valence-electron chi connectivity index (χ2n) is 5.59. The van der Waals surface area contributed by atoms with Crippen LogP contribution in [0.4, 0.5) is 4.39 Å². The maximum absolute atomic E-state index is 14.2. The van der Waals surface area contributed by atoms with E-state index in [1.165, 1.54) is 17.4 Å². The average Bonchev–Trinajstić information content (AvgIpc) is 3.02. The predicted octanol–water partition coefficient (Wildman–Crippen LogP) is 3.03. The largest absolute Gasteiger partial charge is 0.494 e. The first-order valence-corrected chi connectivity index (χ1v) is 8.70. The van der Waals surface area contributed by atoms with Crippen molar-refractivity contribution in [2.45, 2.75) is 13.3 Å². The van der Waals surface area contributed by atoms with Crippen LogP contribution in [0.3, 0.4) is 0 Å². The molecule has 0 unspecified atom stereocenters. The van der Waals surface area contributed by atoms with Crippen molar-refractivity contribution in [1.29, 1.82) is 0 Å². The van der Waals surface area contributed by atoms with Gasteiger partial charge in [-0.3, -0.25) is 4.79 Å². The molecule has 1 aromatic carbocycles. The minimum atomic E-state index is -0.405. The molecule has 0 aliphatic rings. The number of hydrogen-bond acceptors (Lipinski definition) is 5. The monoisotopic (exact) mass is 351 g/mol. The zero-order chi connectivity index (χ0) is 17.5. The van der Waals surface area contributed by atoms with Gasteiger partial charge in [-0.2, -0.15) is 0 Å². The van der Waals surface area contributed by atoms with Crippen LogP contribution in [0, 0.1) is 5.82 Å². The molecular formula is C17H22FN3O2S. The highest BCUT2D eigenvalue weighted by Gasteiger charge is 2.14. The van der Waals surface area contributed by atoms with Crippen molar-refractivity contribution in [1.82, 2.24) is 15.2 Å². The number of nitrogens with one attached hydrogen (secondary N) is 1. The van der Waals surface area contributed by atoms with E-state index < -0.39 is 5.82 Å². The summed E-state index contributed by atoms with van der Waals surface area (Å²) < 4.78 is 19.7. The van der Waals surface area contributed by atoms with Crippen molar-refractivity contribution >= 4 is 17.2 Å². The third kappa shape index (κ3) is 5.01. The Labute approximate surface area is 145 Å². The van der Waals surface area contributed by atoms with Crippen molar-refractivity contribution in [3.8, 4) is 16.3 Å². The first kappa shape index (κ1) is 18.4. The van der Waals surface area contributed by atoms with Gasteiger partial charge in [-0.05, 0) is 32.6 Å². The van der Waals surface area contributed by atoms with Crippen molar-refractivity contribution in [2.75, 3.05) is 33.8 Å². The molecule has 0 atom stereocenters. The maximum atomic E-state index is 14.2. The van der Waals surface area contributed by atoms with Crippen LogP contribution in [0.25, 0.3) is 10.6 Å². The number of hydrogen-bond donors (Lipinski definition) is 1. The van der Waals surface area contributed by atoms with Crippen molar-refractivity contribution in [3.63, 3.8) is 0 Å². The van der Waals surface area contributed by atoms with E-state index in [-0.39, 0.29) is 5.91 Å². The molecule has 0 fully saturated rings. The van der Waals surface area contributed by atoms with Crippen LogP contribution in [-0.2, 0) is 0 Å². The third-order valence-electron chi connectivity index (χ3n) is 3.23. The molecule has 7 heteroatoms. The van der Waals surface area contributed by atoms with E-state index in [9.17, 15) is 9.18 Å². The lowest BCUT2D eigenvalue weighted by Gasteiger charge is -2.09. The zero-order valence-corrected chi connectivity index (χ0v) is 15.0.